The van der Waals surface area contributed by atoms with Crippen LogP contribution in [0.5, 0.6) is 0 Å². The molecule has 0 fully saturated rings. The molecule has 0 aliphatic rings. The molecule has 0 aliphatic heterocycles. The van der Waals surface area contributed by atoms with Crippen molar-refractivity contribution in [2.45, 2.75) is 19.1 Å². The highest BCUT2D eigenvalue weighted by Crippen LogP contribution is 2.03. The highest BCUT2D eigenvalue weighted by molar-refractivity contribution is 9.08. The molecular weight excluding hydrogens is 172 g/mol. The lowest BCUT2D eigenvalue weighted by Crippen LogP contribution is -2.34. The van der Waals surface area contributed by atoms with Gasteiger partial charge in [-0.3, -0.25) is 0 Å². The van der Waals surface area contributed by atoms with Crippen LogP contribution in [0.25, 0.3) is 0 Å². The van der Waals surface area contributed by atoms with Crippen molar-refractivity contribution in [2.24, 2.45) is 0 Å². The second-order valence-electron chi connectivity index (χ2n) is 1.70. The summed E-state index contributed by atoms with van der Waals surface area (Å²) in [5.74, 6) is 0. The molecule has 0 heterocycles. The minimum absolute atomic E-state index is 0.0677. The SMILES string of the molecule is CC(O)(CC#N)NBr. The van der Waals surface area contributed by atoms with Crippen LogP contribution in [0, 0.1) is 11.3 Å². The zero-order valence-corrected chi connectivity index (χ0v) is 6.07. The lowest BCUT2D eigenvalue weighted by molar-refractivity contribution is 0.0587. The molecule has 0 saturated heterocycles. The molecule has 0 radical (unpaired) electrons. The van der Waals surface area contributed by atoms with Gasteiger partial charge in [-0.25, -0.2) is 4.34 Å². The van der Waals surface area contributed by atoms with Gasteiger partial charge in [-0.1, -0.05) is 0 Å². The van der Waals surface area contributed by atoms with Gasteiger partial charge in [0, 0.05) is 16.1 Å². The molecule has 0 spiro atoms. The number of hydrogen-bond donors (Lipinski definition) is 2. The molecule has 2 N–H and O–H groups in total. The number of aliphatic hydroxyl groups is 1. The molecule has 0 bridgehead atoms. The molecule has 0 aromatic carbocycles. The summed E-state index contributed by atoms with van der Waals surface area (Å²) in [7, 11) is 0. The van der Waals surface area contributed by atoms with Crippen molar-refractivity contribution < 1.29 is 5.11 Å². The van der Waals surface area contributed by atoms with Gasteiger partial charge < -0.3 is 5.11 Å². The van der Waals surface area contributed by atoms with E-state index in [9.17, 15) is 0 Å². The maximum atomic E-state index is 8.94. The van der Waals surface area contributed by atoms with E-state index in [0.717, 1.165) is 0 Å². The molecule has 0 rings (SSSR count). The summed E-state index contributed by atoms with van der Waals surface area (Å²) in [6.07, 6.45) is 0.0677. The smallest absolute Gasteiger partial charge is 0.135 e. The molecule has 0 aromatic heterocycles. The molecule has 3 nitrogen and oxygen atoms in total. The van der Waals surface area contributed by atoms with E-state index in [-0.39, 0.29) is 6.42 Å². The van der Waals surface area contributed by atoms with Crippen LogP contribution in [0.2, 0.25) is 0 Å². The van der Waals surface area contributed by atoms with Gasteiger partial charge in [0.15, 0.2) is 0 Å². The van der Waals surface area contributed by atoms with Gasteiger partial charge in [0.25, 0.3) is 0 Å². The Kier molecular flexibility index (Phi) is 2.98. The minimum atomic E-state index is -1.10. The van der Waals surface area contributed by atoms with Crippen LogP contribution in [-0.4, -0.2) is 10.8 Å². The number of nitrogens with zero attached hydrogens (tertiary/aromatic N) is 1. The van der Waals surface area contributed by atoms with Gasteiger partial charge in [-0.15, -0.1) is 0 Å². The maximum Gasteiger partial charge on any atom is 0.135 e. The van der Waals surface area contributed by atoms with Gasteiger partial charge in [-0.2, -0.15) is 5.26 Å². The van der Waals surface area contributed by atoms with Crippen LogP contribution < -0.4 is 4.34 Å². The van der Waals surface area contributed by atoms with E-state index in [1.807, 2.05) is 6.07 Å². The molecule has 0 saturated carbocycles. The van der Waals surface area contributed by atoms with Crippen molar-refractivity contribution >= 4 is 16.1 Å². The third-order valence-corrected chi connectivity index (χ3v) is 1.48. The molecule has 4 heteroatoms. The Balaban J connectivity index is 3.58. The number of nitriles is 1. The molecule has 1 atom stereocenters. The summed E-state index contributed by atoms with van der Waals surface area (Å²) in [6.45, 7) is 1.50. The van der Waals surface area contributed by atoms with Crippen molar-refractivity contribution in [3.8, 4) is 6.07 Å². The Hall–Kier alpha value is -0.110. The summed E-state index contributed by atoms with van der Waals surface area (Å²) >= 11 is 2.82. The van der Waals surface area contributed by atoms with Crippen LogP contribution in [0.3, 0.4) is 0 Å². The van der Waals surface area contributed by atoms with E-state index >= 15 is 0 Å². The third-order valence-electron chi connectivity index (χ3n) is 0.627. The number of hydrogen-bond acceptors (Lipinski definition) is 3. The van der Waals surface area contributed by atoms with Crippen molar-refractivity contribution in [1.82, 2.24) is 4.34 Å². The number of rotatable bonds is 2. The maximum absolute atomic E-state index is 8.94. The fourth-order valence-electron chi connectivity index (χ4n) is 0.187. The van der Waals surface area contributed by atoms with Crippen molar-refractivity contribution in [1.29, 1.82) is 5.26 Å². The first-order valence-electron chi connectivity index (χ1n) is 2.09. The summed E-state index contributed by atoms with van der Waals surface area (Å²) in [4.78, 5) is 0. The Labute approximate surface area is 56.6 Å². The van der Waals surface area contributed by atoms with Crippen LogP contribution in [-0.2, 0) is 0 Å². The normalized spacial score (nSPS) is 16.8. The topological polar surface area (TPSA) is 56.0 Å². The Morgan fingerprint density at radius 1 is 2.00 bits per heavy atom. The van der Waals surface area contributed by atoms with Crippen LogP contribution >= 0.6 is 16.1 Å². The third kappa shape index (κ3) is 2.97. The highest BCUT2D eigenvalue weighted by atomic mass is 79.9. The zero-order valence-electron chi connectivity index (χ0n) is 4.48. The first-order valence-corrected chi connectivity index (χ1v) is 2.89. The first-order chi connectivity index (χ1) is 3.62. The zero-order chi connectivity index (χ0) is 6.62. The average Bonchev–Trinajstić information content (AvgIpc) is 1.67. The van der Waals surface area contributed by atoms with Crippen molar-refractivity contribution in [3.63, 3.8) is 0 Å². The van der Waals surface area contributed by atoms with E-state index < -0.39 is 5.72 Å². The monoisotopic (exact) mass is 178 g/mol. The van der Waals surface area contributed by atoms with E-state index in [0.29, 0.717) is 0 Å². The fraction of sp³-hybridized carbons (Fsp3) is 0.750. The lowest BCUT2D eigenvalue weighted by Gasteiger charge is -2.15. The van der Waals surface area contributed by atoms with Gasteiger partial charge in [-0.05, 0) is 6.92 Å². The van der Waals surface area contributed by atoms with Crippen LogP contribution in [0.15, 0.2) is 0 Å². The van der Waals surface area contributed by atoms with Gasteiger partial charge in [0.05, 0.1) is 12.5 Å². The summed E-state index contributed by atoms with van der Waals surface area (Å²) < 4.78 is 2.39. The summed E-state index contributed by atoms with van der Waals surface area (Å²) in [5.41, 5.74) is -1.10. The summed E-state index contributed by atoms with van der Waals surface area (Å²) in [5, 5.41) is 17.0. The molecule has 0 aliphatic carbocycles. The molecule has 0 amide bonds. The lowest BCUT2D eigenvalue weighted by atomic mass is 10.2. The molecule has 1 unspecified atom stereocenters. The van der Waals surface area contributed by atoms with Gasteiger partial charge >= 0.3 is 0 Å². The van der Waals surface area contributed by atoms with Crippen molar-refractivity contribution in [3.05, 3.63) is 0 Å². The van der Waals surface area contributed by atoms with Gasteiger partial charge in [0.1, 0.15) is 5.72 Å². The van der Waals surface area contributed by atoms with E-state index in [4.69, 9.17) is 10.4 Å². The Morgan fingerprint density at radius 3 is 2.62 bits per heavy atom. The van der Waals surface area contributed by atoms with Crippen LogP contribution in [0.4, 0.5) is 0 Å². The van der Waals surface area contributed by atoms with E-state index in [2.05, 4.69) is 20.5 Å². The largest absolute Gasteiger partial charge is 0.374 e. The minimum Gasteiger partial charge on any atom is -0.374 e. The quantitative estimate of drug-likeness (QED) is 0.479. The van der Waals surface area contributed by atoms with E-state index in [1.165, 1.54) is 6.92 Å². The van der Waals surface area contributed by atoms with E-state index in [1.54, 1.807) is 0 Å². The van der Waals surface area contributed by atoms with Crippen LogP contribution in [0.1, 0.15) is 13.3 Å². The molecule has 8 heavy (non-hydrogen) atoms. The number of halogens is 1. The summed E-state index contributed by atoms with van der Waals surface area (Å²) in [6, 6.07) is 1.82. The first kappa shape index (κ1) is 7.89. The Bertz CT molecular complexity index is 107. The molecule has 46 valence electrons. The molecular formula is C4H7BrN2O. The predicted octanol–water partition coefficient (Wildman–Crippen LogP) is 0.508. The van der Waals surface area contributed by atoms with Gasteiger partial charge in [0.2, 0.25) is 0 Å². The standard InChI is InChI=1S/C4H7BrN2O/c1-4(8,7-5)2-3-6/h7-8H,2H2,1H3. The predicted molar refractivity (Wildman–Crippen MR) is 32.9 cm³/mol. The molecule has 0 aromatic rings. The average molecular weight is 179 g/mol. The fourth-order valence-corrected chi connectivity index (χ4v) is 0.328. The Morgan fingerprint density at radius 2 is 2.50 bits per heavy atom. The van der Waals surface area contributed by atoms with Crippen molar-refractivity contribution in [2.75, 3.05) is 0 Å². The number of nitrogens with one attached hydrogen (secondary N) is 1. The second-order valence-corrected chi connectivity index (χ2v) is 2.10. The second kappa shape index (κ2) is 3.02. The highest BCUT2D eigenvalue weighted by Gasteiger charge is 2.16.